The molecule has 0 aromatic carbocycles. The highest BCUT2D eigenvalue weighted by molar-refractivity contribution is 6.06. The predicted molar refractivity (Wildman–Crippen MR) is 60.0 cm³/mol. The highest BCUT2D eigenvalue weighted by Gasteiger charge is 2.50. The number of nitrogens with one attached hydrogen (secondary N) is 1. The van der Waals surface area contributed by atoms with E-state index in [1.54, 1.807) is 19.1 Å². The Bertz CT molecular complexity index is 429. The third-order valence-corrected chi connectivity index (χ3v) is 2.87. The number of amides is 3. The maximum Gasteiger partial charge on any atom is 0.325 e. The van der Waals surface area contributed by atoms with Crippen LogP contribution in [-0.4, -0.2) is 29.9 Å². The molecule has 1 fully saturated rings. The Hall–Kier alpha value is -1.82. The highest BCUT2D eigenvalue weighted by atomic mass is 16.3. The summed E-state index contributed by atoms with van der Waals surface area (Å²) in [6.07, 6.45) is 2.07. The molecule has 1 aliphatic rings. The molecule has 1 saturated heterocycles. The quantitative estimate of drug-likeness (QED) is 0.742. The van der Waals surface area contributed by atoms with Crippen molar-refractivity contribution in [2.75, 3.05) is 13.1 Å². The van der Waals surface area contributed by atoms with Crippen LogP contribution in [0, 0.1) is 0 Å². The Kier molecular flexibility index (Phi) is 2.89. The summed E-state index contributed by atoms with van der Waals surface area (Å²) in [7, 11) is 0. The van der Waals surface area contributed by atoms with Gasteiger partial charge in [-0.3, -0.25) is 9.69 Å². The summed E-state index contributed by atoms with van der Waals surface area (Å²) in [5, 5.41) is 2.64. The number of urea groups is 1. The van der Waals surface area contributed by atoms with Gasteiger partial charge in [-0.05, 0) is 32.0 Å². The van der Waals surface area contributed by atoms with Gasteiger partial charge in [0.05, 0.1) is 6.26 Å². The van der Waals surface area contributed by atoms with E-state index < -0.39 is 11.6 Å². The monoisotopic (exact) mass is 237 g/mol. The number of nitrogens with zero attached hydrogens (tertiary/aromatic N) is 1. The van der Waals surface area contributed by atoms with Gasteiger partial charge in [-0.1, -0.05) is 0 Å². The van der Waals surface area contributed by atoms with Gasteiger partial charge < -0.3 is 15.5 Å². The number of hydrogen-bond donors (Lipinski definition) is 2. The molecular weight excluding hydrogens is 222 g/mol. The summed E-state index contributed by atoms with van der Waals surface area (Å²) in [4.78, 5) is 25.1. The Morgan fingerprint density at radius 2 is 2.29 bits per heavy atom. The molecule has 3 N–H and O–H groups in total. The normalized spacial score (nSPS) is 24.2. The van der Waals surface area contributed by atoms with Crippen LogP contribution < -0.4 is 11.1 Å². The number of hydrogen-bond acceptors (Lipinski definition) is 4. The number of imide groups is 1. The van der Waals surface area contributed by atoms with Crippen LogP contribution in [0.25, 0.3) is 0 Å². The third-order valence-electron chi connectivity index (χ3n) is 2.87. The van der Waals surface area contributed by atoms with Gasteiger partial charge in [0.15, 0.2) is 5.54 Å². The zero-order valence-corrected chi connectivity index (χ0v) is 9.60. The van der Waals surface area contributed by atoms with Gasteiger partial charge >= 0.3 is 6.03 Å². The molecular formula is C11H15N3O3. The summed E-state index contributed by atoms with van der Waals surface area (Å²) < 4.78 is 5.21. The molecule has 1 atom stereocenters. The van der Waals surface area contributed by atoms with E-state index in [4.69, 9.17) is 10.2 Å². The van der Waals surface area contributed by atoms with Gasteiger partial charge in [0.25, 0.3) is 5.91 Å². The smallest absolute Gasteiger partial charge is 0.325 e. The van der Waals surface area contributed by atoms with Crippen LogP contribution in [0.3, 0.4) is 0 Å². The Morgan fingerprint density at radius 3 is 2.88 bits per heavy atom. The van der Waals surface area contributed by atoms with Crippen LogP contribution >= 0.6 is 0 Å². The molecule has 0 bridgehead atoms. The van der Waals surface area contributed by atoms with E-state index in [1.165, 1.54) is 11.2 Å². The van der Waals surface area contributed by atoms with E-state index in [2.05, 4.69) is 5.32 Å². The molecule has 0 aliphatic carbocycles. The van der Waals surface area contributed by atoms with Crippen LogP contribution in [0.1, 0.15) is 19.1 Å². The van der Waals surface area contributed by atoms with Crippen LogP contribution in [0.4, 0.5) is 4.79 Å². The zero-order chi connectivity index (χ0) is 12.5. The van der Waals surface area contributed by atoms with Gasteiger partial charge in [-0.15, -0.1) is 0 Å². The van der Waals surface area contributed by atoms with Crippen LogP contribution in [0.15, 0.2) is 22.8 Å². The second kappa shape index (κ2) is 4.21. The molecule has 1 unspecified atom stereocenters. The Morgan fingerprint density at radius 1 is 1.53 bits per heavy atom. The molecule has 6 nitrogen and oxygen atoms in total. The van der Waals surface area contributed by atoms with E-state index >= 15 is 0 Å². The summed E-state index contributed by atoms with van der Waals surface area (Å²) in [5.41, 5.74) is 4.27. The molecule has 0 radical (unpaired) electrons. The first-order valence-electron chi connectivity index (χ1n) is 5.48. The summed E-state index contributed by atoms with van der Waals surface area (Å²) in [6, 6.07) is 2.95. The summed E-state index contributed by atoms with van der Waals surface area (Å²) in [6.45, 7) is 2.40. The van der Waals surface area contributed by atoms with Crippen molar-refractivity contribution in [1.29, 1.82) is 0 Å². The van der Waals surface area contributed by atoms with E-state index in [0.29, 0.717) is 25.3 Å². The minimum absolute atomic E-state index is 0.300. The third kappa shape index (κ3) is 1.80. The van der Waals surface area contributed by atoms with Gasteiger partial charge in [-0.25, -0.2) is 4.79 Å². The van der Waals surface area contributed by atoms with Crippen LogP contribution in [0.2, 0.25) is 0 Å². The average Bonchev–Trinajstić information content (AvgIpc) is 2.88. The maximum atomic E-state index is 12.2. The van der Waals surface area contributed by atoms with Crippen molar-refractivity contribution < 1.29 is 14.0 Å². The lowest BCUT2D eigenvalue weighted by molar-refractivity contribution is -0.131. The van der Waals surface area contributed by atoms with E-state index in [9.17, 15) is 9.59 Å². The lowest BCUT2D eigenvalue weighted by Gasteiger charge is -2.18. The molecule has 1 aromatic heterocycles. The van der Waals surface area contributed by atoms with E-state index in [-0.39, 0.29) is 5.91 Å². The Labute approximate surface area is 98.7 Å². The van der Waals surface area contributed by atoms with E-state index in [1.807, 2.05) is 0 Å². The lowest BCUT2D eigenvalue weighted by Crippen LogP contribution is -2.40. The predicted octanol–water partition coefficient (Wildman–Crippen LogP) is 0.395. The lowest BCUT2D eigenvalue weighted by atomic mass is 9.99. The van der Waals surface area contributed by atoms with Crippen molar-refractivity contribution in [3.63, 3.8) is 0 Å². The van der Waals surface area contributed by atoms with Crippen molar-refractivity contribution in [3.05, 3.63) is 24.2 Å². The van der Waals surface area contributed by atoms with Gasteiger partial charge in [0.2, 0.25) is 0 Å². The topological polar surface area (TPSA) is 88.6 Å². The minimum atomic E-state index is -1.10. The molecule has 17 heavy (non-hydrogen) atoms. The van der Waals surface area contributed by atoms with Crippen molar-refractivity contribution in [2.45, 2.75) is 18.9 Å². The molecule has 92 valence electrons. The first kappa shape index (κ1) is 11.7. The SMILES string of the molecule is CC1(c2ccco2)NC(=O)N(CCCN)C1=O. The largest absolute Gasteiger partial charge is 0.466 e. The van der Waals surface area contributed by atoms with E-state index in [0.717, 1.165) is 0 Å². The second-order valence-electron chi connectivity index (χ2n) is 4.13. The van der Waals surface area contributed by atoms with Gasteiger partial charge in [-0.2, -0.15) is 0 Å². The summed E-state index contributed by atoms with van der Waals surface area (Å²) >= 11 is 0. The number of furan rings is 1. The number of carbonyl (C=O) groups is 2. The molecule has 3 amide bonds. The molecule has 2 rings (SSSR count). The van der Waals surface area contributed by atoms with Gasteiger partial charge in [0, 0.05) is 6.54 Å². The van der Waals surface area contributed by atoms with Crippen molar-refractivity contribution >= 4 is 11.9 Å². The summed E-state index contributed by atoms with van der Waals surface area (Å²) in [5.74, 6) is 0.136. The highest BCUT2D eigenvalue weighted by Crippen LogP contribution is 2.28. The number of rotatable bonds is 4. The van der Waals surface area contributed by atoms with Crippen molar-refractivity contribution in [2.24, 2.45) is 5.73 Å². The fourth-order valence-corrected chi connectivity index (χ4v) is 1.88. The van der Waals surface area contributed by atoms with Crippen LogP contribution in [0.5, 0.6) is 0 Å². The van der Waals surface area contributed by atoms with Crippen LogP contribution in [-0.2, 0) is 10.3 Å². The first-order chi connectivity index (χ1) is 8.09. The second-order valence-corrected chi connectivity index (χ2v) is 4.13. The zero-order valence-electron chi connectivity index (χ0n) is 9.60. The fraction of sp³-hybridized carbons (Fsp3) is 0.455. The van der Waals surface area contributed by atoms with Crippen molar-refractivity contribution in [1.82, 2.24) is 10.2 Å². The first-order valence-corrected chi connectivity index (χ1v) is 5.48. The molecule has 0 saturated carbocycles. The number of nitrogens with two attached hydrogens (primary N) is 1. The molecule has 1 aromatic rings. The van der Waals surface area contributed by atoms with Gasteiger partial charge in [0.1, 0.15) is 5.76 Å². The molecule has 1 aliphatic heterocycles. The molecule has 6 heteroatoms. The Balaban J connectivity index is 2.23. The maximum absolute atomic E-state index is 12.2. The van der Waals surface area contributed by atoms with Crippen molar-refractivity contribution in [3.8, 4) is 0 Å². The standard InChI is InChI=1S/C11H15N3O3/c1-11(8-4-2-7-17-8)9(15)14(6-3-5-12)10(16)13-11/h2,4,7H,3,5-6,12H2,1H3,(H,13,16). The minimum Gasteiger partial charge on any atom is -0.466 e. The molecule has 0 spiro atoms. The fourth-order valence-electron chi connectivity index (χ4n) is 1.88. The molecule has 2 heterocycles. The number of carbonyl (C=O) groups excluding carboxylic acids is 2. The average molecular weight is 237 g/mol.